The number of anilines is 1. The zero-order valence-electron chi connectivity index (χ0n) is 15.0. The van der Waals surface area contributed by atoms with Crippen molar-refractivity contribution in [3.05, 3.63) is 62.4 Å². The van der Waals surface area contributed by atoms with E-state index in [9.17, 15) is 4.79 Å². The van der Waals surface area contributed by atoms with E-state index < -0.39 is 0 Å². The Kier molecular flexibility index (Phi) is 7.18. The normalized spacial score (nSPS) is 10.7. The number of ether oxygens (including phenoxy) is 1. The quantitative estimate of drug-likeness (QED) is 0.395. The molecular weight excluding hydrogens is 439 g/mol. The fraction of sp³-hybridized carbons (Fsp3) is 0.200. The molecule has 2 aromatic carbocycles. The molecule has 0 fully saturated rings. The van der Waals surface area contributed by atoms with Gasteiger partial charge in [-0.05, 0) is 43.7 Å². The monoisotopic (exact) mass is 454 g/mol. The van der Waals surface area contributed by atoms with Gasteiger partial charge >= 0.3 is 0 Å². The zero-order chi connectivity index (χ0) is 20.1. The van der Waals surface area contributed by atoms with Gasteiger partial charge in [0.1, 0.15) is 5.75 Å². The summed E-state index contributed by atoms with van der Waals surface area (Å²) < 4.78 is 5.59. The van der Waals surface area contributed by atoms with Crippen LogP contribution in [0.15, 0.2) is 42.5 Å². The first-order valence-corrected chi connectivity index (χ1v) is 10.5. The molecule has 28 heavy (non-hydrogen) atoms. The second-order valence-corrected chi connectivity index (χ2v) is 8.49. The Hall–Kier alpha value is -1.79. The molecule has 0 unspecified atom stereocenters. The number of benzene rings is 2. The maximum Gasteiger partial charge on any atom is 0.226 e. The summed E-state index contributed by atoms with van der Waals surface area (Å²) in [7, 11) is 0. The summed E-state index contributed by atoms with van der Waals surface area (Å²) in [6.07, 6.45) is 0.874. The number of halogens is 3. The van der Waals surface area contributed by atoms with Crippen molar-refractivity contribution < 1.29 is 9.53 Å². The van der Waals surface area contributed by atoms with Gasteiger partial charge in [0, 0.05) is 26.9 Å². The van der Waals surface area contributed by atoms with Gasteiger partial charge in [0.2, 0.25) is 5.91 Å². The smallest absolute Gasteiger partial charge is 0.226 e. The molecule has 0 aliphatic heterocycles. The van der Waals surface area contributed by atoms with Crippen LogP contribution in [0.2, 0.25) is 15.1 Å². The molecule has 1 amide bonds. The number of aryl methyl sites for hydroxylation is 1. The van der Waals surface area contributed by atoms with Crippen molar-refractivity contribution in [2.24, 2.45) is 0 Å². The Bertz CT molecular complexity index is 974. The van der Waals surface area contributed by atoms with Gasteiger partial charge in [0.15, 0.2) is 5.13 Å². The molecular formula is C20H17Cl3N2O2S. The molecule has 1 aromatic heterocycles. The van der Waals surface area contributed by atoms with Crippen molar-refractivity contribution in [3.8, 4) is 17.0 Å². The number of carbonyl (C=O) groups excluding carboxylic acids is 1. The van der Waals surface area contributed by atoms with Gasteiger partial charge in [0.25, 0.3) is 0 Å². The number of carbonyl (C=O) groups is 1. The van der Waals surface area contributed by atoms with Gasteiger partial charge in [-0.15, -0.1) is 11.3 Å². The van der Waals surface area contributed by atoms with Crippen molar-refractivity contribution in [1.82, 2.24) is 4.98 Å². The predicted octanol–water partition coefficient (Wildman–Crippen LogP) is 6.88. The zero-order valence-corrected chi connectivity index (χ0v) is 18.1. The fourth-order valence-electron chi connectivity index (χ4n) is 2.51. The van der Waals surface area contributed by atoms with Gasteiger partial charge in [-0.1, -0.05) is 46.9 Å². The standard InChI is InChI=1S/C20H17Cl3N2O2S/c1-12-19(13-4-6-14(21)7-5-13)25-20(28-12)24-18(26)3-2-10-27-17-9-8-15(22)11-16(17)23/h4-9,11H,2-3,10H2,1H3,(H,24,25,26). The number of rotatable bonds is 7. The number of amides is 1. The number of hydrogen-bond donors (Lipinski definition) is 1. The molecule has 146 valence electrons. The fourth-order valence-corrected chi connectivity index (χ4v) is 3.96. The molecule has 0 saturated carbocycles. The Balaban J connectivity index is 1.50. The van der Waals surface area contributed by atoms with Crippen molar-refractivity contribution in [3.63, 3.8) is 0 Å². The summed E-state index contributed by atoms with van der Waals surface area (Å²) in [4.78, 5) is 17.7. The summed E-state index contributed by atoms with van der Waals surface area (Å²) in [5.41, 5.74) is 1.81. The topological polar surface area (TPSA) is 51.2 Å². The molecule has 0 aliphatic carbocycles. The first-order valence-electron chi connectivity index (χ1n) is 8.53. The first-order chi connectivity index (χ1) is 13.4. The van der Waals surface area contributed by atoms with Crippen molar-refractivity contribution >= 4 is 57.2 Å². The van der Waals surface area contributed by atoms with E-state index in [1.54, 1.807) is 18.2 Å². The van der Waals surface area contributed by atoms with Crippen LogP contribution >= 0.6 is 46.1 Å². The van der Waals surface area contributed by atoms with Crippen LogP contribution in [0.5, 0.6) is 5.75 Å². The van der Waals surface area contributed by atoms with Crippen LogP contribution in [0.1, 0.15) is 17.7 Å². The molecule has 1 N–H and O–H groups in total. The minimum Gasteiger partial charge on any atom is -0.492 e. The van der Waals surface area contributed by atoms with Crippen LogP contribution < -0.4 is 10.1 Å². The number of aromatic nitrogens is 1. The average Bonchev–Trinajstić information content (AvgIpc) is 3.01. The molecule has 8 heteroatoms. The van der Waals surface area contributed by atoms with E-state index in [2.05, 4.69) is 10.3 Å². The van der Waals surface area contributed by atoms with E-state index in [1.807, 2.05) is 31.2 Å². The van der Waals surface area contributed by atoms with E-state index in [0.29, 0.717) is 45.4 Å². The average molecular weight is 456 g/mol. The first kappa shape index (κ1) is 20.9. The summed E-state index contributed by atoms with van der Waals surface area (Å²) >= 11 is 19.3. The number of nitrogens with zero attached hydrogens (tertiary/aromatic N) is 1. The summed E-state index contributed by atoms with van der Waals surface area (Å²) in [6, 6.07) is 12.5. The van der Waals surface area contributed by atoms with Crippen LogP contribution in [-0.4, -0.2) is 17.5 Å². The molecule has 0 radical (unpaired) electrons. The van der Waals surface area contributed by atoms with E-state index in [0.717, 1.165) is 16.1 Å². The third-order valence-corrected chi connectivity index (χ3v) is 5.53. The highest BCUT2D eigenvalue weighted by atomic mass is 35.5. The third-order valence-electron chi connectivity index (χ3n) is 3.86. The molecule has 0 spiro atoms. The Morgan fingerprint density at radius 3 is 2.54 bits per heavy atom. The second-order valence-electron chi connectivity index (χ2n) is 6.01. The van der Waals surface area contributed by atoms with Gasteiger partial charge in [0.05, 0.1) is 17.3 Å². The minimum atomic E-state index is -0.109. The molecule has 0 aliphatic rings. The van der Waals surface area contributed by atoms with E-state index >= 15 is 0 Å². The maximum atomic E-state index is 12.2. The highest BCUT2D eigenvalue weighted by Crippen LogP contribution is 2.31. The maximum absolute atomic E-state index is 12.2. The second kappa shape index (κ2) is 9.61. The number of nitrogens with one attached hydrogen (secondary N) is 1. The lowest BCUT2D eigenvalue weighted by Crippen LogP contribution is -2.12. The molecule has 0 atom stereocenters. The third kappa shape index (κ3) is 5.61. The number of hydrogen-bond acceptors (Lipinski definition) is 4. The predicted molar refractivity (Wildman–Crippen MR) is 117 cm³/mol. The highest BCUT2D eigenvalue weighted by Gasteiger charge is 2.12. The minimum absolute atomic E-state index is 0.109. The lowest BCUT2D eigenvalue weighted by atomic mass is 10.1. The van der Waals surface area contributed by atoms with Crippen molar-refractivity contribution in [2.75, 3.05) is 11.9 Å². The molecule has 0 saturated heterocycles. The van der Waals surface area contributed by atoms with Crippen molar-refractivity contribution in [1.29, 1.82) is 0 Å². The SMILES string of the molecule is Cc1sc(NC(=O)CCCOc2ccc(Cl)cc2Cl)nc1-c1ccc(Cl)cc1. The summed E-state index contributed by atoms with van der Waals surface area (Å²) in [6.45, 7) is 2.35. The molecule has 3 rings (SSSR count). The Morgan fingerprint density at radius 2 is 1.82 bits per heavy atom. The van der Waals surface area contributed by atoms with E-state index in [1.165, 1.54) is 11.3 Å². The summed E-state index contributed by atoms with van der Waals surface area (Å²) in [5, 5.41) is 5.09. The lowest BCUT2D eigenvalue weighted by Gasteiger charge is -2.08. The molecule has 4 nitrogen and oxygen atoms in total. The van der Waals surface area contributed by atoms with E-state index in [4.69, 9.17) is 39.5 Å². The Morgan fingerprint density at radius 1 is 1.11 bits per heavy atom. The van der Waals surface area contributed by atoms with E-state index in [-0.39, 0.29) is 5.91 Å². The number of thiazole rings is 1. The lowest BCUT2D eigenvalue weighted by molar-refractivity contribution is -0.116. The van der Waals surface area contributed by atoms with Crippen LogP contribution in [0.3, 0.4) is 0 Å². The molecule has 0 bridgehead atoms. The largest absolute Gasteiger partial charge is 0.492 e. The Labute approximate surface area is 182 Å². The van der Waals surface area contributed by atoms with Crippen LogP contribution in [0.4, 0.5) is 5.13 Å². The van der Waals surface area contributed by atoms with Crippen LogP contribution in [-0.2, 0) is 4.79 Å². The van der Waals surface area contributed by atoms with Gasteiger partial charge in [-0.3, -0.25) is 4.79 Å². The highest BCUT2D eigenvalue weighted by molar-refractivity contribution is 7.16. The van der Waals surface area contributed by atoms with Gasteiger partial charge in [-0.2, -0.15) is 0 Å². The molecule has 3 aromatic rings. The van der Waals surface area contributed by atoms with Gasteiger partial charge < -0.3 is 10.1 Å². The van der Waals surface area contributed by atoms with Crippen LogP contribution in [0, 0.1) is 6.92 Å². The molecule has 1 heterocycles. The van der Waals surface area contributed by atoms with Crippen LogP contribution in [0.25, 0.3) is 11.3 Å². The summed E-state index contributed by atoms with van der Waals surface area (Å²) in [5.74, 6) is 0.442. The van der Waals surface area contributed by atoms with Gasteiger partial charge in [-0.25, -0.2) is 4.98 Å². The van der Waals surface area contributed by atoms with Crippen molar-refractivity contribution in [2.45, 2.75) is 19.8 Å².